The van der Waals surface area contributed by atoms with Gasteiger partial charge in [-0.1, -0.05) is 109 Å². The number of ketones is 1. The number of ether oxygens (including phenoxy) is 1. The van der Waals surface area contributed by atoms with E-state index in [1.165, 1.54) is 0 Å². The third-order valence-electron chi connectivity index (χ3n) is 7.94. The summed E-state index contributed by atoms with van der Waals surface area (Å²) < 4.78 is 5.68. The highest BCUT2D eigenvalue weighted by Crippen LogP contribution is 2.75. The molecule has 1 aliphatic carbocycles. The van der Waals surface area contributed by atoms with E-state index in [-0.39, 0.29) is 18.3 Å². The van der Waals surface area contributed by atoms with Gasteiger partial charge in [0.2, 0.25) is 5.91 Å². The van der Waals surface area contributed by atoms with Crippen molar-refractivity contribution in [3.8, 4) is 0 Å². The molecule has 1 amide bonds. The van der Waals surface area contributed by atoms with Crippen LogP contribution in [0.15, 0.2) is 115 Å². The fourth-order valence-electron chi connectivity index (χ4n) is 6.44. The zero-order valence-electron chi connectivity index (χ0n) is 21.0. The van der Waals surface area contributed by atoms with E-state index >= 15 is 0 Å². The topological polar surface area (TPSA) is 63.7 Å². The van der Waals surface area contributed by atoms with Crippen LogP contribution in [0.3, 0.4) is 0 Å². The molecule has 0 N–H and O–H groups in total. The lowest BCUT2D eigenvalue weighted by atomic mass is 9.82. The van der Waals surface area contributed by atoms with Gasteiger partial charge in [0, 0.05) is 11.3 Å². The van der Waals surface area contributed by atoms with Gasteiger partial charge in [0.15, 0.2) is 5.78 Å². The lowest BCUT2D eigenvalue weighted by Crippen LogP contribution is -2.40. The van der Waals surface area contributed by atoms with Gasteiger partial charge < -0.3 is 9.64 Å². The van der Waals surface area contributed by atoms with E-state index in [0.717, 1.165) is 5.56 Å². The second-order valence-corrected chi connectivity index (χ2v) is 9.76. The number of carbonyl (C=O) groups excluding carboxylic acids is 3. The molecule has 4 aromatic rings. The number of esters is 1. The van der Waals surface area contributed by atoms with Crippen LogP contribution >= 0.6 is 0 Å². The summed E-state index contributed by atoms with van der Waals surface area (Å²) in [6.07, 6.45) is 0. The van der Waals surface area contributed by atoms with Gasteiger partial charge in [-0.3, -0.25) is 14.4 Å². The predicted octanol–water partition coefficient (Wildman–Crippen LogP) is 5.49. The average molecular weight is 502 g/mol. The van der Waals surface area contributed by atoms with Crippen LogP contribution in [0.2, 0.25) is 0 Å². The quantitative estimate of drug-likeness (QED) is 0.248. The number of amides is 1. The molecule has 0 aromatic heterocycles. The highest BCUT2D eigenvalue weighted by molar-refractivity contribution is 6.25. The molecule has 1 aliphatic heterocycles. The summed E-state index contributed by atoms with van der Waals surface area (Å²) in [4.78, 5) is 44.9. The van der Waals surface area contributed by atoms with Crippen LogP contribution in [0.4, 0.5) is 5.69 Å². The molecule has 1 heterocycles. The van der Waals surface area contributed by atoms with Crippen LogP contribution in [0.5, 0.6) is 0 Å². The van der Waals surface area contributed by atoms with Gasteiger partial charge in [0.1, 0.15) is 10.8 Å². The van der Waals surface area contributed by atoms with Crippen LogP contribution in [0.1, 0.15) is 34.0 Å². The molecule has 5 heteroatoms. The monoisotopic (exact) mass is 501 g/mol. The van der Waals surface area contributed by atoms with Crippen molar-refractivity contribution < 1.29 is 19.1 Å². The molecule has 0 radical (unpaired) electrons. The smallest absolute Gasteiger partial charge is 0.318 e. The molecule has 38 heavy (non-hydrogen) atoms. The van der Waals surface area contributed by atoms with Crippen LogP contribution < -0.4 is 4.90 Å². The molecule has 6 rings (SSSR count). The van der Waals surface area contributed by atoms with Gasteiger partial charge in [-0.15, -0.1) is 0 Å². The number of hydrogen-bond acceptors (Lipinski definition) is 4. The van der Waals surface area contributed by atoms with Gasteiger partial charge in [-0.2, -0.15) is 0 Å². The largest absolute Gasteiger partial charge is 0.465 e. The molecular formula is C33H27NO4. The zero-order valence-corrected chi connectivity index (χ0v) is 21.0. The SMILES string of the molecule is CCOC(=O)[C@]1(c2ccccc2)[C@@H](C(=O)c2ccccc2)C12C(=O)N(Cc1ccccc1)c1ccccc12. The van der Waals surface area contributed by atoms with Gasteiger partial charge in [0.05, 0.1) is 19.1 Å². The van der Waals surface area contributed by atoms with Crippen molar-refractivity contribution in [2.45, 2.75) is 24.3 Å². The van der Waals surface area contributed by atoms with E-state index in [9.17, 15) is 14.4 Å². The van der Waals surface area contributed by atoms with E-state index < -0.39 is 22.7 Å². The van der Waals surface area contributed by atoms with E-state index in [1.807, 2.05) is 91.0 Å². The van der Waals surface area contributed by atoms with Crippen LogP contribution in [0.25, 0.3) is 0 Å². The van der Waals surface area contributed by atoms with Gasteiger partial charge >= 0.3 is 5.97 Å². The first-order valence-electron chi connectivity index (χ1n) is 12.9. The molecule has 188 valence electrons. The second kappa shape index (κ2) is 9.10. The first-order chi connectivity index (χ1) is 18.6. The molecule has 3 atom stereocenters. The number of para-hydroxylation sites is 1. The zero-order chi connectivity index (χ0) is 26.3. The van der Waals surface area contributed by atoms with Crippen molar-refractivity contribution in [2.75, 3.05) is 11.5 Å². The van der Waals surface area contributed by atoms with E-state index in [1.54, 1.807) is 36.1 Å². The number of nitrogens with zero attached hydrogens (tertiary/aromatic N) is 1. The van der Waals surface area contributed by atoms with E-state index in [4.69, 9.17) is 4.74 Å². The maximum atomic E-state index is 14.8. The van der Waals surface area contributed by atoms with Gasteiger partial charge in [-0.25, -0.2) is 0 Å². The molecule has 1 unspecified atom stereocenters. The molecule has 2 aliphatic rings. The lowest BCUT2D eigenvalue weighted by Gasteiger charge is -2.22. The Labute approximate surface area is 221 Å². The average Bonchev–Trinajstić information content (AvgIpc) is 3.56. The number of fused-ring (bicyclic) bond motifs is 2. The minimum absolute atomic E-state index is 0.138. The van der Waals surface area contributed by atoms with Gasteiger partial charge in [-0.05, 0) is 29.7 Å². The number of hydrogen-bond donors (Lipinski definition) is 0. The second-order valence-electron chi connectivity index (χ2n) is 9.76. The predicted molar refractivity (Wildman–Crippen MR) is 145 cm³/mol. The Morgan fingerprint density at radius 1 is 0.789 bits per heavy atom. The molecule has 1 fully saturated rings. The van der Waals surface area contributed by atoms with Crippen molar-refractivity contribution in [1.29, 1.82) is 0 Å². The summed E-state index contributed by atoms with van der Waals surface area (Å²) in [6, 6.07) is 35.3. The molecule has 0 saturated heterocycles. The Morgan fingerprint density at radius 2 is 1.37 bits per heavy atom. The summed E-state index contributed by atoms with van der Waals surface area (Å²) in [5, 5.41) is 0. The Bertz CT molecular complexity index is 1520. The number of benzene rings is 4. The van der Waals surface area contributed by atoms with Gasteiger partial charge in [0.25, 0.3) is 0 Å². The number of rotatable bonds is 7. The third-order valence-corrected chi connectivity index (χ3v) is 7.94. The molecule has 5 nitrogen and oxygen atoms in total. The first-order valence-corrected chi connectivity index (χ1v) is 12.9. The van der Waals surface area contributed by atoms with E-state index in [0.29, 0.717) is 28.9 Å². The van der Waals surface area contributed by atoms with Crippen LogP contribution in [0, 0.1) is 5.92 Å². The minimum Gasteiger partial charge on any atom is -0.465 e. The van der Waals surface area contributed by atoms with Crippen molar-refractivity contribution in [2.24, 2.45) is 5.92 Å². The number of carbonyl (C=O) groups is 3. The summed E-state index contributed by atoms with van der Waals surface area (Å²) in [5.74, 6) is -2.00. The van der Waals surface area contributed by atoms with E-state index in [2.05, 4.69) is 0 Å². The normalized spacial score (nSPS) is 23.2. The Balaban J connectivity index is 1.61. The minimum atomic E-state index is -1.49. The fraction of sp³-hybridized carbons (Fsp3) is 0.182. The summed E-state index contributed by atoms with van der Waals surface area (Å²) in [5.41, 5.74) is 0.528. The van der Waals surface area contributed by atoms with Crippen molar-refractivity contribution in [1.82, 2.24) is 0 Å². The highest BCUT2D eigenvalue weighted by Gasteiger charge is 2.90. The number of anilines is 1. The Morgan fingerprint density at radius 3 is 2.03 bits per heavy atom. The van der Waals surface area contributed by atoms with Crippen LogP contribution in [-0.2, 0) is 31.7 Å². The summed E-state index contributed by atoms with van der Waals surface area (Å²) in [6.45, 7) is 2.21. The Hall–Kier alpha value is -4.51. The maximum absolute atomic E-state index is 14.8. The molecule has 4 aromatic carbocycles. The number of Topliss-reactive ketones (excluding diaryl/α,β-unsaturated/α-hetero) is 1. The standard InChI is InChI=1S/C33H27NO4/c1-2-38-31(37)32(25-18-10-5-11-19-25)29(28(35)24-16-8-4-9-17-24)33(32)26-20-12-13-21-27(26)34(30(33)36)22-23-14-6-3-7-15-23/h3-21,29H,2,22H2,1H3/t29-,32+,33?/m1/s1. The van der Waals surface area contributed by atoms with Crippen molar-refractivity contribution in [3.63, 3.8) is 0 Å². The fourth-order valence-corrected chi connectivity index (χ4v) is 6.44. The molecule has 0 bridgehead atoms. The van der Waals surface area contributed by atoms with Crippen molar-refractivity contribution >= 4 is 23.3 Å². The summed E-state index contributed by atoms with van der Waals surface area (Å²) in [7, 11) is 0. The van der Waals surface area contributed by atoms with Crippen LogP contribution in [-0.4, -0.2) is 24.3 Å². The molecule has 1 spiro atoms. The lowest BCUT2D eigenvalue weighted by molar-refractivity contribution is -0.148. The summed E-state index contributed by atoms with van der Waals surface area (Å²) >= 11 is 0. The Kier molecular flexibility index (Phi) is 5.72. The maximum Gasteiger partial charge on any atom is 0.318 e. The molecule has 1 saturated carbocycles. The van der Waals surface area contributed by atoms with Crippen molar-refractivity contribution in [3.05, 3.63) is 138 Å². The first kappa shape index (κ1) is 23.9. The highest BCUT2D eigenvalue weighted by atomic mass is 16.5. The third kappa shape index (κ3) is 3.14. The molecular weight excluding hydrogens is 474 g/mol.